The third-order valence-electron chi connectivity index (χ3n) is 3.69. The maximum absolute atomic E-state index is 10.9. The smallest absolute Gasteiger partial charge is 0.335 e. The minimum Gasteiger partial charge on any atom is -0.478 e. The molecule has 1 aliphatic rings. The molecule has 0 aliphatic carbocycles. The first-order valence-corrected chi connectivity index (χ1v) is 7.03. The fraction of sp³-hybridized carbons (Fsp3) is 0.533. The van der Waals surface area contributed by atoms with Crippen molar-refractivity contribution in [3.63, 3.8) is 0 Å². The SMILES string of the molecule is CCCC[C@@H]1CNCCN1c1ccc(C(=O)O)cc1. The Kier molecular flexibility index (Phi) is 4.80. The summed E-state index contributed by atoms with van der Waals surface area (Å²) < 4.78 is 0. The van der Waals surface area contributed by atoms with E-state index in [-0.39, 0.29) is 0 Å². The van der Waals surface area contributed by atoms with Gasteiger partial charge in [-0.2, -0.15) is 0 Å². The molecule has 1 atom stereocenters. The number of rotatable bonds is 5. The van der Waals surface area contributed by atoms with E-state index in [4.69, 9.17) is 5.11 Å². The number of carboxylic acids is 1. The van der Waals surface area contributed by atoms with Crippen LogP contribution >= 0.6 is 0 Å². The molecule has 2 rings (SSSR count). The largest absolute Gasteiger partial charge is 0.478 e. The summed E-state index contributed by atoms with van der Waals surface area (Å²) in [7, 11) is 0. The van der Waals surface area contributed by atoms with Crippen LogP contribution in [-0.4, -0.2) is 36.8 Å². The van der Waals surface area contributed by atoms with Crippen molar-refractivity contribution in [1.82, 2.24) is 5.32 Å². The minimum absolute atomic E-state index is 0.351. The van der Waals surface area contributed by atoms with Gasteiger partial charge in [0.1, 0.15) is 0 Å². The minimum atomic E-state index is -0.866. The van der Waals surface area contributed by atoms with Crippen molar-refractivity contribution in [2.45, 2.75) is 32.2 Å². The van der Waals surface area contributed by atoms with Gasteiger partial charge in [0.05, 0.1) is 5.56 Å². The summed E-state index contributed by atoms with van der Waals surface area (Å²) in [6, 6.07) is 7.75. The summed E-state index contributed by atoms with van der Waals surface area (Å²) in [5.41, 5.74) is 1.48. The van der Waals surface area contributed by atoms with Gasteiger partial charge < -0.3 is 15.3 Å². The molecule has 1 aromatic carbocycles. The predicted octanol–water partition coefficient (Wildman–Crippen LogP) is 2.35. The summed E-state index contributed by atoms with van der Waals surface area (Å²) >= 11 is 0. The van der Waals surface area contributed by atoms with E-state index in [0.29, 0.717) is 11.6 Å². The summed E-state index contributed by atoms with van der Waals surface area (Å²) in [6.07, 6.45) is 3.63. The first-order chi connectivity index (χ1) is 9.22. The molecular formula is C15H22N2O2. The predicted molar refractivity (Wildman–Crippen MR) is 76.9 cm³/mol. The van der Waals surface area contributed by atoms with Gasteiger partial charge in [-0.05, 0) is 30.7 Å². The number of anilines is 1. The highest BCUT2D eigenvalue weighted by Crippen LogP contribution is 2.21. The highest BCUT2D eigenvalue weighted by atomic mass is 16.4. The molecule has 19 heavy (non-hydrogen) atoms. The Morgan fingerprint density at radius 2 is 2.16 bits per heavy atom. The van der Waals surface area contributed by atoms with Crippen LogP contribution in [0.3, 0.4) is 0 Å². The van der Waals surface area contributed by atoms with Gasteiger partial charge in [-0.15, -0.1) is 0 Å². The molecule has 0 radical (unpaired) electrons. The molecule has 1 heterocycles. The van der Waals surface area contributed by atoms with E-state index in [2.05, 4.69) is 17.1 Å². The van der Waals surface area contributed by atoms with E-state index < -0.39 is 5.97 Å². The number of nitrogens with zero attached hydrogens (tertiary/aromatic N) is 1. The number of hydrogen-bond acceptors (Lipinski definition) is 3. The second kappa shape index (κ2) is 6.57. The lowest BCUT2D eigenvalue weighted by atomic mass is 10.0. The lowest BCUT2D eigenvalue weighted by Gasteiger charge is -2.38. The molecule has 1 fully saturated rings. The van der Waals surface area contributed by atoms with Crippen molar-refractivity contribution in [3.8, 4) is 0 Å². The summed E-state index contributed by atoms with van der Waals surface area (Å²) in [6.45, 7) is 5.20. The number of carboxylic acid groups (broad SMARTS) is 1. The Labute approximate surface area is 114 Å². The zero-order valence-corrected chi connectivity index (χ0v) is 11.4. The van der Waals surface area contributed by atoms with E-state index in [1.165, 1.54) is 19.3 Å². The monoisotopic (exact) mass is 262 g/mol. The average molecular weight is 262 g/mol. The normalized spacial score (nSPS) is 19.4. The molecule has 0 amide bonds. The molecule has 4 nitrogen and oxygen atoms in total. The van der Waals surface area contributed by atoms with Crippen LogP contribution in [0.15, 0.2) is 24.3 Å². The maximum atomic E-state index is 10.9. The maximum Gasteiger partial charge on any atom is 0.335 e. The van der Waals surface area contributed by atoms with Gasteiger partial charge in [0.2, 0.25) is 0 Å². The molecule has 2 N–H and O–H groups in total. The fourth-order valence-electron chi connectivity index (χ4n) is 2.59. The number of unbranched alkanes of at least 4 members (excludes halogenated alkanes) is 1. The molecule has 1 aromatic rings. The Hall–Kier alpha value is -1.55. The molecule has 1 aliphatic heterocycles. The summed E-state index contributed by atoms with van der Waals surface area (Å²) in [4.78, 5) is 13.3. The third kappa shape index (κ3) is 3.47. The number of benzene rings is 1. The van der Waals surface area contributed by atoms with Crippen molar-refractivity contribution in [2.75, 3.05) is 24.5 Å². The van der Waals surface area contributed by atoms with Gasteiger partial charge in [0, 0.05) is 31.4 Å². The molecule has 0 unspecified atom stereocenters. The molecule has 1 saturated heterocycles. The molecule has 4 heteroatoms. The molecule has 0 bridgehead atoms. The van der Waals surface area contributed by atoms with Crippen molar-refractivity contribution in [3.05, 3.63) is 29.8 Å². The highest BCUT2D eigenvalue weighted by molar-refractivity contribution is 5.88. The quantitative estimate of drug-likeness (QED) is 0.855. The van der Waals surface area contributed by atoms with Crippen LogP contribution in [0, 0.1) is 0 Å². The van der Waals surface area contributed by atoms with Gasteiger partial charge in [0.25, 0.3) is 0 Å². The van der Waals surface area contributed by atoms with E-state index >= 15 is 0 Å². The third-order valence-corrected chi connectivity index (χ3v) is 3.69. The van der Waals surface area contributed by atoms with Gasteiger partial charge in [-0.3, -0.25) is 0 Å². The van der Waals surface area contributed by atoms with E-state index in [9.17, 15) is 4.79 Å². The second-order valence-electron chi connectivity index (χ2n) is 5.05. The first kappa shape index (κ1) is 13.9. The summed E-state index contributed by atoms with van der Waals surface area (Å²) in [5.74, 6) is -0.866. The zero-order valence-electron chi connectivity index (χ0n) is 11.4. The number of aromatic carboxylic acids is 1. The van der Waals surface area contributed by atoms with Gasteiger partial charge in [0.15, 0.2) is 0 Å². The van der Waals surface area contributed by atoms with Gasteiger partial charge in [-0.25, -0.2) is 4.79 Å². The molecule has 0 saturated carbocycles. The summed E-state index contributed by atoms with van der Waals surface area (Å²) in [5, 5.41) is 12.4. The Bertz CT molecular complexity index is 417. The van der Waals surface area contributed by atoms with Gasteiger partial charge in [-0.1, -0.05) is 19.8 Å². The second-order valence-corrected chi connectivity index (χ2v) is 5.05. The number of piperazine rings is 1. The molecular weight excluding hydrogens is 240 g/mol. The van der Waals surface area contributed by atoms with Crippen molar-refractivity contribution in [2.24, 2.45) is 0 Å². The van der Waals surface area contributed by atoms with Crippen LogP contribution < -0.4 is 10.2 Å². The molecule has 0 aromatic heterocycles. The lowest BCUT2D eigenvalue weighted by Crippen LogP contribution is -2.51. The zero-order chi connectivity index (χ0) is 13.7. The van der Waals surface area contributed by atoms with Crippen LogP contribution in [0.5, 0.6) is 0 Å². The number of hydrogen-bond donors (Lipinski definition) is 2. The van der Waals surface area contributed by atoms with Crippen molar-refractivity contribution in [1.29, 1.82) is 0 Å². The fourth-order valence-corrected chi connectivity index (χ4v) is 2.59. The van der Waals surface area contributed by atoms with Crippen molar-refractivity contribution >= 4 is 11.7 Å². The van der Waals surface area contributed by atoms with Crippen LogP contribution in [0.25, 0.3) is 0 Å². The standard InChI is InChI=1S/C15H22N2O2/c1-2-3-4-14-11-16-9-10-17(14)13-7-5-12(6-8-13)15(18)19/h5-8,14,16H,2-4,9-11H2,1H3,(H,18,19)/t14-/m1/s1. The van der Waals surface area contributed by atoms with Gasteiger partial charge >= 0.3 is 5.97 Å². The number of nitrogens with one attached hydrogen (secondary N) is 1. The van der Waals surface area contributed by atoms with Crippen LogP contribution in [0.2, 0.25) is 0 Å². The topological polar surface area (TPSA) is 52.6 Å². The Morgan fingerprint density at radius 1 is 1.42 bits per heavy atom. The Morgan fingerprint density at radius 3 is 2.79 bits per heavy atom. The van der Waals surface area contributed by atoms with E-state index in [1.807, 2.05) is 12.1 Å². The van der Waals surface area contributed by atoms with Crippen LogP contribution in [-0.2, 0) is 0 Å². The van der Waals surface area contributed by atoms with Crippen LogP contribution in [0.4, 0.5) is 5.69 Å². The van der Waals surface area contributed by atoms with Crippen LogP contribution in [0.1, 0.15) is 36.5 Å². The average Bonchev–Trinajstić information content (AvgIpc) is 2.45. The first-order valence-electron chi connectivity index (χ1n) is 7.03. The lowest BCUT2D eigenvalue weighted by molar-refractivity contribution is 0.0697. The van der Waals surface area contributed by atoms with Crippen molar-refractivity contribution < 1.29 is 9.90 Å². The Balaban J connectivity index is 2.10. The highest BCUT2D eigenvalue weighted by Gasteiger charge is 2.21. The van der Waals surface area contributed by atoms with E-state index in [1.54, 1.807) is 12.1 Å². The number of carbonyl (C=O) groups is 1. The molecule has 0 spiro atoms. The molecule has 104 valence electrons. The van der Waals surface area contributed by atoms with E-state index in [0.717, 1.165) is 25.3 Å².